The van der Waals surface area contributed by atoms with Gasteiger partial charge in [0.15, 0.2) is 0 Å². The van der Waals surface area contributed by atoms with Crippen LogP contribution in [0.5, 0.6) is 0 Å². The summed E-state index contributed by atoms with van der Waals surface area (Å²) in [4.78, 5) is 6.73. The van der Waals surface area contributed by atoms with Gasteiger partial charge in [0.25, 0.3) is 0 Å². The molecule has 0 aliphatic carbocycles. The molecular weight excluding hydrogens is 215 g/mol. The summed E-state index contributed by atoms with van der Waals surface area (Å²) in [6.07, 6.45) is 3.62. The molecule has 1 saturated heterocycles. The number of benzene rings is 1. The van der Waals surface area contributed by atoms with Crippen molar-refractivity contribution in [2.24, 2.45) is 0 Å². The first-order valence-electron chi connectivity index (χ1n) is 6.15. The molecule has 0 amide bonds. The van der Waals surface area contributed by atoms with Gasteiger partial charge >= 0.3 is 0 Å². The Balaban J connectivity index is 2.05. The minimum atomic E-state index is -0.170. The van der Waals surface area contributed by atoms with Crippen LogP contribution in [0.15, 0.2) is 30.3 Å². The quantitative estimate of drug-likeness (QED) is 0.746. The molecule has 0 saturated carbocycles. The lowest BCUT2D eigenvalue weighted by Crippen LogP contribution is -2.30. The van der Waals surface area contributed by atoms with E-state index in [1.807, 2.05) is 18.2 Å². The van der Waals surface area contributed by atoms with E-state index >= 15 is 0 Å². The normalized spacial score (nSPS) is 16.4. The van der Waals surface area contributed by atoms with Crippen molar-refractivity contribution in [3.63, 3.8) is 0 Å². The van der Waals surface area contributed by atoms with E-state index in [4.69, 9.17) is 0 Å². The van der Waals surface area contributed by atoms with Gasteiger partial charge in [-0.3, -0.25) is 0 Å². The summed E-state index contributed by atoms with van der Waals surface area (Å²) in [6.45, 7) is 1.98. The third-order valence-corrected chi connectivity index (χ3v) is 3.33. The fourth-order valence-corrected chi connectivity index (χ4v) is 2.40. The summed E-state index contributed by atoms with van der Waals surface area (Å²) in [5.74, 6) is 0.608. The predicted octanol–water partition coefficient (Wildman–Crippen LogP) is 3.36. The maximum absolute atomic E-state index is 13.9. The third kappa shape index (κ3) is 1.97. The zero-order valence-electron chi connectivity index (χ0n) is 9.69. The Kier molecular flexibility index (Phi) is 2.67. The molecular formula is C14H15FN2. The molecule has 0 atom stereocenters. The smallest absolute Gasteiger partial charge is 0.136 e. The minimum Gasteiger partial charge on any atom is -0.357 e. The number of para-hydroxylation sites is 1. The molecule has 2 nitrogen and oxygen atoms in total. The monoisotopic (exact) mass is 230 g/mol. The third-order valence-electron chi connectivity index (χ3n) is 3.33. The number of nitrogens with zero attached hydrogens (tertiary/aromatic N) is 2. The highest BCUT2D eigenvalue weighted by molar-refractivity contribution is 5.81. The highest BCUT2D eigenvalue weighted by Crippen LogP contribution is 2.23. The highest BCUT2D eigenvalue weighted by Gasteiger charge is 2.14. The van der Waals surface area contributed by atoms with E-state index in [-0.39, 0.29) is 5.82 Å². The predicted molar refractivity (Wildman–Crippen MR) is 67.8 cm³/mol. The standard InChI is InChI=1S/C14H15FN2/c15-12-10-14(17-8-4-1-5-9-17)16-13-7-3-2-6-11(12)13/h2-3,6-7,10H,1,4-5,8-9H2. The average molecular weight is 230 g/mol. The van der Waals surface area contributed by atoms with Gasteiger partial charge in [-0.05, 0) is 31.4 Å². The Morgan fingerprint density at radius 2 is 1.82 bits per heavy atom. The summed E-state index contributed by atoms with van der Waals surface area (Å²) in [6, 6.07) is 8.94. The first kappa shape index (κ1) is 10.5. The number of anilines is 1. The summed E-state index contributed by atoms with van der Waals surface area (Å²) in [7, 11) is 0. The molecule has 1 fully saturated rings. The van der Waals surface area contributed by atoms with E-state index in [2.05, 4.69) is 9.88 Å². The van der Waals surface area contributed by atoms with Crippen molar-refractivity contribution in [3.8, 4) is 0 Å². The fraction of sp³-hybridized carbons (Fsp3) is 0.357. The zero-order valence-corrected chi connectivity index (χ0v) is 9.69. The number of fused-ring (bicyclic) bond motifs is 1. The van der Waals surface area contributed by atoms with Gasteiger partial charge < -0.3 is 4.90 Å². The number of pyridine rings is 1. The molecule has 88 valence electrons. The second-order valence-corrected chi connectivity index (χ2v) is 4.53. The van der Waals surface area contributed by atoms with E-state index in [9.17, 15) is 4.39 Å². The minimum absolute atomic E-state index is 0.170. The molecule has 2 heterocycles. The Labute approximate surface area is 100 Å². The van der Waals surface area contributed by atoms with Gasteiger partial charge in [0, 0.05) is 24.5 Å². The van der Waals surface area contributed by atoms with Gasteiger partial charge in [-0.25, -0.2) is 9.37 Å². The largest absolute Gasteiger partial charge is 0.357 e. The average Bonchev–Trinajstić information content (AvgIpc) is 2.40. The first-order chi connectivity index (χ1) is 8.34. The Morgan fingerprint density at radius 1 is 1.06 bits per heavy atom. The number of hydrogen-bond acceptors (Lipinski definition) is 2. The molecule has 2 aromatic rings. The number of hydrogen-bond donors (Lipinski definition) is 0. The van der Waals surface area contributed by atoms with Crippen molar-refractivity contribution in [2.75, 3.05) is 18.0 Å². The number of halogens is 1. The lowest BCUT2D eigenvalue weighted by atomic mass is 10.1. The van der Waals surface area contributed by atoms with Crippen LogP contribution in [0.3, 0.4) is 0 Å². The van der Waals surface area contributed by atoms with Crippen LogP contribution in [0.25, 0.3) is 10.9 Å². The maximum atomic E-state index is 13.9. The molecule has 0 spiro atoms. The number of piperidine rings is 1. The maximum Gasteiger partial charge on any atom is 0.136 e. The van der Waals surface area contributed by atoms with Crippen LogP contribution in [-0.4, -0.2) is 18.1 Å². The molecule has 1 aliphatic rings. The lowest BCUT2D eigenvalue weighted by molar-refractivity contribution is 0.570. The molecule has 0 radical (unpaired) electrons. The summed E-state index contributed by atoms with van der Waals surface area (Å²) < 4.78 is 13.9. The van der Waals surface area contributed by atoms with E-state index in [0.29, 0.717) is 5.39 Å². The van der Waals surface area contributed by atoms with Gasteiger partial charge in [-0.1, -0.05) is 12.1 Å². The Bertz CT molecular complexity index is 533. The molecule has 3 rings (SSSR count). The zero-order chi connectivity index (χ0) is 11.7. The van der Waals surface area contributed by atoms with Gasteiger partial charge in [-0.2, -0.15) is 0 Å². The second kappa shape index (κ2) is 4.32. The summed E-state index contributed by atoms with van der Waals surface area (Å²) in [5.41, 5.74) is 0.744. The van der Waals surface area contributed by atoms with Crippen LogP contribution < -0.4 is 4.90 Å². The number of rotatable bonds is 1. The van der Waals surface area contributed by atoms with E-state index < -0.39 is 0 Å². The van der Waals surface area contributed by atoms with Crippen LogP contribution in [-0.2, 0) is 0 Å². The van der Waals surface area contributed by atoms with Crippen molar-refractivity contribution < 1.29 is 4.39 Å². The van der Waals surface area contributed by atoms with Gasteiger partial charge in [0.1, 0.15) is 11.6 Å². The molecule has 0 N–H and O–H groups in total. The molecule has 1 aromatic carbocycles. The van der Waals surface area contributed by atoms with E-state index in [1.165, 1.54) is 19.3 Å². The van der Waals surface area contributed by atoms with Gasteiger partial charge in [0.2, 0.25) is 0 Å². The molecule has 1 aromatic heterocycles. The van der Waals surface area contributed by atoms with Gasteiger partial charge in [-0.15, -0.1) is 0 Å². The molecule has 1 aliphatic heterocycles. The van der Waals surface area contributed by atoms with Crippen molar-refractivity contribution in [2.45, 2.75) is 19.3 Å². The summed E-state index contributed by atoms with van der Waals surface area (Å²) in [5, 5.41) is 0.605. The van der Waals surface area contributed by atoms with Crippen LogP contribution in [0.4, 0.5) is 10.2 Å². The van der Waals surface area contributed by atoms with Crippen LogP contribution >= 0.6 is 0 Å². The first-order valence-corrected chi connectivity index (χ1v) is 6.15. The van der Waals surface area contributed by atoms with Crippen LogP contribution in [0, 0.1) is 5.82 Å². The van der Waals surface area contributed by atoms with E-state index in [0.717, 1.165) is 24.4 Å². The lowest BCUT2D eigenvalue weighted by Gasteiger charge is -2.27. The molecule has 0 unspecified atom stereocenters. The number of aromatic nitrogens is 1. The van der Waals surface area contributed by atoms with Gasteiger partial charge in [0.05, 0.1) is 5.52 Å². The van der Waals surface area contributed by atoms with Crippen molar-refractivity contribution in [1.82, 2.24) is 4.98 Å². The summed E-state index contributed by atoms with van der Waals surface area (Å²) >= 11 is 0. The fourth-order valence-electron chi connectivity index (χ4n) is 2.40. The Hall–Kier alpha value is -1.64. The molecule has 0 bridgehead atoms. The van der Waals surface area contributed by atoms with E-state index in [1.54, 1.807) is 12.1 Å². The molecule has 17 heavy (non-hydrogen) atoms. The van der Waals surface area contributed by atoms with Crippen molar-refractivity contribution in [3.05, 3.63) is 36.1 Å². The topological polar surface area (TPSA) is 16.1 Å². The highest BCUT2D eigenvalue weighted by atomic mass is 19.1. The van der Waals surface area contributed by atoms with Crippen molar-refractivity contribution in [1.29, 1.82) is 0 Å². The SMILES string of the molecule is Fc1cc(N2CCCCC2)nc2ccccc12. The van der Waals surface area contributed by atoms with Crippen LogP contribution in [0.2, 0.25) is 0 Å². The second-order valence-electron chi connectivity index (χ2n) is 4.53. The Morgan fingerprint density at radius 3 is 2.65 bits per heavy atom. The van der Waals surface area contributed by atoms with Crippen LogP contribution in [0.1, 0.15) is 19.3 Å². The van der Waals surface area contributed by atoms with Crippen molar-refractivity contribution >= 4 is 16.7 Å². The molecule has 3 heteroatoms.